The van der Waals surface area contributed by atoms with E-state index in [-0.39, 0.29) is 28.1 Å². The number of nitrogens with one attached hydrogen (secondary N) is 1. The summed E-state index contributed by atoms with van der Waals surface area (Å²) in [6, 6.07) is 4.53. The van der Waals surface area contributed by atoms with Crippen LogP contribution in [0.15, 0.2) is 12.1 Å². The Morgan fingerprint density at radius 3 is 2.48 bits per heavy atom. The largest absolute Gasteiger partial charge is 0.490 e. The molecule has 1 atom stereocenters. The summed E-state index contributed by atoms with van der Waals surface area (Å²) in [4.78, 5) is 10.1. The third-order valence-electron chi connectivity index (χ3n) is 2.86. The molecule has 0 saturated carbocycles. The zero-order valence-electron chi connectivity index (χ0n) is 11.7. The van der Waals surface area contributed by atoms with Gasteiger partial charge < -0.3 is 4.74 Å². The van der Waals surface area contributed by atoms with Gasteiger partial charge in [-0.2, -0.15) is 5.26 Å². The van der Waals surface area contributed by atoms with E-state index in [4.69, 9.17) is 33.2 Å². The SMILES string of the molecule is CCNC(C)(C#N)CCOc1c(Cl)cc([N+](=O)[O-])cc1Cl. The summed E-state index contributed by atoms with van der Waals surface area (Å²) in [7, 11) is 0. The van der Waals surface area contributed by atoms with E-state index < -0.39 is 10.5 Å². The molecule has 0 saturated heterocycles. The van der Waals surface area contributed by atoms with Gasteiger partial charge in [0.2, 0.25) is 0 Å². The fourth-order valence-electron chi connectivity index (χ4n) is 1.72. The van der Waals surface area contributed by atoms with E-state index in [1.807, 2.05) is 6.92 Å². The van der Waals surface area contributed by atoms with Crippen molar-refractivity contribution in [1.29, 1.82) is 5.26 Å². The average molecular weight is 332 g/mol. The lowest BCUT2D eigenvalue weighted by Crippen LogP contribution is -2.42. The number of benzene rings is 1. The van der Waals surface area contributed by atoms with E-state index >= 15 is 0 Å². The minimum Gasteiger partial charge on any atom is -0.490 e. The zero-order chi connectivity index (χ0) is 16.0. The first kappa shape index (κ1) is 17.5. The molecule has 1 aromatic carbocycles. The van der Waals surface area contributed by atoms with Crippen molar-refractivity contribution in [3.63, 3.8) is 0 Å². The Labute approximate surface area is 132 Å². The van der Waals surface area contributed by atoms with Gasteiger partial charge in [-0.3, -0.25) is 15.4 Å². The van der Waals surface area contributed by atoms with Crippen LogP contribution in [0.2, 0.25) is 10.0 Å². The molecule has 21 heavy (non-hydrogen) atoms. The number of non-ortho nitro benzene ring substituents is 1. The molecule has 0 aromatic heterocycles. The highest BCUT2D eigenvalue weighted by Gasteiger charge is 2.23. The summed E-state index contributed by atoms with van der Waals surface area (Å²) in [5, 5.41) is 23.0. The van der Waals surface area contributed by atoms with Gasteiger partial charge in [-0.15, -0.1) is 0 Å². The zero-order valence-corrected chi connectivity index (χ0v) is 13.2. The number of rotatable bonds is 7. The van der Waals surface area contributed by atoms with Gasteiger partial charge in [-0.05, 0) is 13.5 Å². The van der Waals surface area contributed by atoms with Crippen LogP contribution in [-0.4, -0.2) is 23.6 Å². The molecule has 0 aliphatic carbocycles. The van der Waals surface area contributed by atoms with Crippen molar-refractivity contribution in [3.05, 3.63) is 32.3 Å². The highest BCUT2D eigenvalue weighted by Crippen LogP contribution is 2.36. The molecule has 6 nitrogen and oxygen atoms in total. The van der Waals surface area contributed by atoms with E-state index in [0.29, 0.717) is 13.0 Å². The van der Waals surface area contributed by atoms with Gasteiger partial charge >= 0.3 is 0 Å². The highest BCUT2D eigenvalue weighted by molar-refractivity contribution is 6.37. The molecule has 8 heteroatoms. The summed E-state index contributed by atoms with van der Waals surface area (Å²) in [5.74, 6) is 0.181. The molecule has 0 fully saturated rings. The van der Waals surface area contributed by atoms with E-state index in [9.17, 15) is 10.1 Å². The molecule has 0 aliphatic heterocycles. The van der Waals surface area contributed by atoms with Crippen LogP contribution in [0, 0.1) is 21.4 Å². The van der Waals surface area contributed by atoms with E-state index in [2.05, 4.69) is 11.4 Å². The molecule has 0 bridgehead atoms. The van der Waals surface area contributed by atoms with Crippen LogP contribution in [0.5, 0.6) is 5.75 Å². The first-order chi connectivity index (χ1) is 9.83. The number of halogens is 2. The van der Waals surface area contributed by atoms with Gasteiger partial charge in [0, 0.05) is 18.6 Å². The Hall–Kier alpha value is -1.55. The molecule has 0 heterocycles. The number of nitriles is 1. The second kappa shape index (κ2) is 7.46. The number of hydrogen-bond acceptors (Lipinski definition) is 5. The highest BCUT2D eigenvalue weighted by atomic mass is 35.5. The van der Waals surface area contributed by atoms with E-state index in [1.54, 1.807) is 6.92 Å². The van der Waals surface area contributed by atoms with Crippen LogP contribution in [0.25, 0.3) is 0 Å². The van der Waals surface area contributed by atoms with Crippen LogP contribution in [0.4, 0.5) is 5.69 Å². The average Bonchev–Trinajstić information content (AvgIpc) is 2.41. The molecule has 1 N–H and O–H groups in total. The smallest absolute Gasteiger partial charge is 0.272 e. The lowest BCUT2D eigenvalue weighted by molar-refractivity contribution is -0.384. The van der Waals surface area contributed by atoms with Crippen molar-refractivity contribution >= 4 is 28.9 Å². The lowest BCUT2D eigenvalue weighted by atomic mass is 10.0. The fraction of sp³-hybridized carbons (Fsp3) is 0.462. The minimum absolute atomic E-state index is 0.0660. The summed E-state index contributed by atoms with van der Waals surface area (Å²) in [6.45, 7) is 4.52. The Kier molecular flexibility index (Phi) is 6.21. The first-order valence-electron chi connectivity index (χ1n) is 6.25. The van der Waals surface area contributed by atoms with Crippen LogP contribution >= 0.6 is 23.2 Å². The van der Waals surface area contributed by atoms with Crippen molar-refractivity contribution < 1.29 is 9.66 Å². The van der Waals surface area contributed by atoms with Crippen LogP contribution in [0.1, 0.15) is 20.3 Å². The predicted molar refractivity (Wildman–Crippen MR) is 80.9 cm³/mol. The van der Waals surface area contributed by atoms with Crippen molar-refractivity contribution in [3.8, 4) is 11.8 Å². The summed E-state index contributed by atoms with van der Waals surface area (Å²) < 4.78 is 5.47. The van der Waals surface area contributed by atoms with Crippen molar-refractivity contribution in [2.24, 2.45) is 0 Å². The van der Waals surface area contributed by atoms with E-state index in [0.717, 1.165) is 0 Å². The van der Waals surface area contributed by atoms with Crippen molar-refractivity contribution in [2.45, 2.75) is 25.8 Å². The Morgan fingerprint density at radius 1 is 1.48 bits per heavy atom. The topological polar surface area (TPSA) is 88.2 Å². The van der Waals surface area contributed by atoms with E-state index in [1.165, 1.54) is 12.1 Å². The maximum atomic E-state index is 10.7. The first-order valence-corrected chi connectivity index (χ1v) is 7.01. The molecule has 0 radical (unpaired) electrons. The van der Waals surface area contributed by atoms with Gasteiger partial charge in [-0.1, -0.05) is 30.1 Å². The van der Waals surface area contributed by atoms with Crippen LogP contribution < -0.4 is 10.1 Å². The molecular formula is C13H15Cl2N3O3. The molecule has 0 aliphatic rings. The molecule has 0 amide bonds. The maximum absolute atomic E-state index is 10.7. The molecule has 0 spiro atoms. The fourth-order valence-corrected chi connectivity index (χ4v) is 2.31. The number of ether oxygens (including phenoxy) is 1. The molecule has 114 valence electrons. The lowest BCUT2D eigenvalue weighted by Gasteiger charge is -2.22. The Bertz CT molecular complexity index is 551. The molecular weight excluding hydrogens is 317 g/mol. The van der Waals surface area contributed by atoms with Crippen molar-refractivity contribution in [1.82, 2.24) is 5.32 Å². The van der Waals surface area contributed by atoms with Crippen LogP contribution in [0.3, 0.4) is 0 Å². The van der Waals surface area contributed by atoms with Gasteiger partial charge in [0.1, 0.15) is 5.54 Å². The Balaban J connectivity index is 2.77. The monoisotopic (exact) mass is 331 g/mol. The minimum atomic E-state index is -0.714. The van der Waals surface area contributed by atoms with Crippen LogP contribution in [-0.2, 0) is 0 Å². The standard InChI is InChI=1S/C13H15Cl2N3O3/c1-3-17-13(2,8-16)4-5-21-12-10(14)6-9(18(19)20)7-11(12)15/h6-7,17H,3-5H2,1-2H3. The predicted octanol–water partition coefficient (Wildman–Crippen LogP) is 3.56. The number of hydrogen-bond donors (Lipinski definition) is 1. The third-order valence-corrected chi connectivity index (χ3v) is 3.42. The van der Waals surface area contributed by atoms with Gasteiger partial charge in [0.05, 0.1) is 27.6 Å². The number of nitrogens with zero attached hydrogens (tertiary/aromatic N) is 2. The number of nitro groups is 1. The molecule has 1 aromatic rings. The van der Waals surface area contributed by atoms with Crippen molar-refractivity contribution in [2.75, 3.05) is 13.2 Å². The second-order valence-electron chi connectivity index (χ2n) is 4.57. The second-order valence-corrected chi connectivity index (χ2v) is 5.38. The maximum Gasteiger partial charge on any atom is 0.272 e. The summed E-state index contributed by atoms with van der Waals surface area (Å²) >= 11 is 11.9. The van der Waals surface area contributed by atoms with Gasteiger partial charge in [0.15, 0.2) is 5.75 Å². The normalized spacial score (nSPS) is 13.3. The Morgan fingerprint density at radius 2 is 2.05 bits per heavy atom. The number of nitro benzene ring substituents is 1. The summed E-state index contributed by atoms with van der Waals surface area (Å²) in [6.07, 6.45) is 0.418. The van der Waals surface area contributed by atoms with Gasteiger partial charge in [0.25, 0.3) is 5.69 Å². The quantitative estimate of drug-likeness (QED) is 0.609. The third kappa shape index (κ3) is 4.74. The summed E-state index contributed by atoms with van der Waals surface area (Å²) in [5.41, 5.74) is -0.916. The molecule has 1 unspecified atom stereocenters. The molecule has 1 rings (SSSR count). The van der Waals surface area contributed by atoms with Gasteiger partial charge in [-0.25, -0.2) is 0 Å².